The number of thiocarbonyl (C=S) groups is 1. The Bertz CT molecular complexity index is 437. The Balaban J connectivity index is 2.07. The van der Waals surface area contributed by atoms with Gasteiger partial charge in [0, 0.05) is 6.42 Å². The highest BCUT2D eigenvalue weighted by Crippen LogP contribution is 2.33. The average molecular weight is 252 g/mol. The second-order valence-electron chi connectivity index (χ2n) is 4.30. The van der Waals surface area contributed by atoms with Crippen LogP contribution in [0.25, 0.3) is 0 Å². The highest BCUT2D eigenvalue weighted by atomic mass is 32.1. The molecule has 0 aliphatic heterocycles. The largest absolute Gasteiger partial charge is 0.469 e. The van der Waals surface area contributed by atoms with Gasteiger partial charge in [0.2, 0.25) is 0 Å². The van der Waals surface area contributed by atoms with Crippen molar-refractivity contribution in [2.75, 3.05) is 0 Å². The minimum atomic E-state index is -0.183. The summed E-state index contributed by atoms with van der Waals surface area (Å²) in [5.74, 6) is 0.953. The van der Waals surface area contributed by atoms with Gasteiger partial charge in [0.25, 0.3) is 5.91 Å². The minimum Gasteiger partial charge on any atom is -0.469 e. The van der Waals surface area contributed by atoms with Crippen molar-refractivity contribution in [2.24, 2.45) is 11.7 Å². The van der Waals surface area contributed by atoms with Gasteiger partial charge in [-0.05, 0) is 24.8 Å². The van der Waals surface area contributed by atoms with Crippen molar-refractivity contribution in [1.29, 1.82) is 0 Å². The van der Waals surface area contributed by atoms with E-state index in [1.165, 1.54) is 6.26 Å². The molecule has 1 saturated carbocycles. The van der Waals surface area contributed by atoms with Gasteiger partial charge < -0.3 is 15.5 Å². The van der Waals surface area contributed by atoms with Gasteiger partial charge in [-0.2, -0.15) is 0 Å². The molecule has 1 heterocycles. The maximum atomic E-state index is 12.0. The van der Waals surface area contributed by atoms with E-state index in [1.54, 1.807) is 6.07 Å². The molecular formula is C12H16N2O2S. The summed E-state index contributed by atoms with van der Waals surface area (Å²) in [6, 6.07) is 1.50. The Morgan fingerprint density at radius 3 is 2.94 bits per heavy atom. The molecule has 1 aromatic heterocycles. The van der Waals surface area contributed by atoms with E-state index in [0.717, 1.165) is 12.8 Å². The van der Waals surface area contributed by atoms with Crippen LogP contribution in [0.15, 0.2) is 16.7 Å². The first-order valence-corrected chi connectivity index (χ1v) is 6.20. The van der Waals surface area contributed by atoms with Crippen LogP contribution in [0.3, 0.4) is 0 Å². The Morgan fingerprint density at radius 1 is 1.71 bits per heavy atom. The summed E-state index contributed by atoms with van der Waals surface area (Å²) in [4.78, 5) is 12.4. The van der Waals surface area contributed by atoms with E-state index >= 15 is 0 Å². The van der Waals surface area contributed by atoms with Crippen molar-refractivity contribution in [3.8, 4) is 0 Å². The van der Waals surface area contributed by atoms with Crippen LogP contribution in [0.5, 0.6) is 0 Å². The van der Waals surface area contributed by atoms with Crippen molar-refractivity contribution < 1.29 is 9.21 Å². The van der Waals surface area contributed by atoms with Crippen LogP contribution < -0.4 is 11.1 Å². The Labute approximate surface area is 106 Å². The third kappa shape index (κ3) is 2.66. The van der Waals surface area contributed by atoms with Gasteiger partial charge in [-0.3, -0.25) is 4.79 Å². The monoisotopic (exact) mass is 252 g/mol. The number of nitrogens with one attached hydrogen (secondary N) is 1. The van der Waals surface area contributed by atoms with Gasteiger partial charge in [0.1, 0.15) is 5.76 Å². The fourth-order valence-corrected chi connectivity index (χ4v) is 2.14. The Kier molecular flexibility index (Phi) is 3.47. The number of hydrogen-bond acceptors (Lipinski definition) is 3. The Hall–Kier alpha value is -1.36. The third-order valence-corrected chi connectivity index (χ3v) is 3.25. The molecule has 1 amide bonds. The fourth-order valence-electron chi connectivity index (χ4n) is 1.89. The molecular weight excluding hydrogens is 236 g/mol. The highest BCUT2D eigenvalue weighted by molar-refractivity contribution is 7.80. The Morgan fingerprint density at radius 2 is 2.41 bits per heavy atom. The molecule has 0 spiro atoms. The molecule has 4 nitrogen and oxygen atoms in total. The summed E-state index contributed by atoms with van der Waals surface area (Å²) < 4.78 is 5.23. The molecule has 2 rings (SSSR count). The number of carbonyl (C=O) groups excluding carboxylic acids is 1. The number of carbonyl (C=O) groups is 1. The maximum absolute atomic E-state index is 12.0. The quantitative estimate of drug-likeness (QED) is 0.782. The second kappa shape index (κ2) is 4.87. The molecule has 0 bridgehead atoms. The number of nitrogens with two attached hydrogens (primary N) is 1. The summed E-state index contributed by atoms with van der Waals surface area (Å²) in [6.45, 7) is 1.95. The number of aryl methyl sites for hydroxylation is 1. The van der Waals surface area contributed by atoms with E-state index in [-0.39, 0.29) is 11.9 Å². The van der Waals surface area contributed by atoms with Gasteiger partial charge in [-0.15, -0.1) is 0 Å². The third-order valence-electron chi connectivity index (χ3n) is 3.00. The first-order chi connectivity index (χ1) is 8.13. The van der Waals surface area contributed by atoms with Gasteiger partial charge >= 0.3 is 0 Å². The molecule has 0 aromatic carbocycles. The molecule has 1 atom stereocenters. The van der Waals surface area contributed by atoms with Gasteiger partial charge in [0.15, 0.2) is 0 Å². The van der Waals surface area contributed by atoms with Gasteiger partial charge in [0.05, 0.1) is 22.9 Å². The molecule has 5 heteroatoms. The summed E-state index contributed by atoms with van der Waals surface area (Å²) in [6.07, 6.45) is 4.38. The lowest BCUT2D eigenvalue weighted by atomic mass is 10.1. The van der Waals surface area contributed by atoms with Crippen molar-refractivity contribution in [3.63, 3.8) is 0 Å². The summed E-state index contributed by atoms with van der Waals surface area (Å²) >= 11 is 4.98. The fraction of sp³-hybridized carbons (Fsp3) is 0.500. The first kappa shape index (κ1) is 12.1. The predicted molar refractivity (Wildman–Crippen MR) is 68.8 cm³/mol. The van der Waals surface area contributed by atoms with Crippen LogP contribution in [0.4, 0.5) is 0 Å². The molecule has 1 aliphatic carbocycles. The zero-order valence-corrected chi connectivity index (χ0v) is 10.5. The van der Waals surface area contributed by atoms with Crippen molar-refractivity contribution >= 4 is 23.1 Å². The van der Waals surface area contributed by atoms with E-state index in [2.05, 4.69) is 5.32 Å². The van der Waals surface area contributed by atoms with E-state index in [1.807, 2.05) is 6.92 Å². The lowest BCUT2D eigenvalue weighted by Gasteiger charge is -2.16. The second-order valence-corrected chi connectivity index (χ2v) is 4.77. The smallest absolute Gasteiger partial charge is 0.255 e. The SMILES string of the molecule is CCc1occc1C(=O)NC(C(N)=S)C1CC1. The van der Waals surface area contributed by atoms with E-state index in [9.17, 15) is 4.79 Å². The van der Waals surface area contributed by atoms with Crippen LogP contribution in [0.1, 0.15) is 35.9 Å². The molecule has 3 N–H and O–H groups in total. The van der Waals surface area contributed by atoms with Crippen LogP contribution >= 0.6 is 12.2 Å². The van der Waals surface area contributed by atoms with Gasteiger partial charge in [-0.25, -0.2) is 0 Å². The average Bonchev–Trinajstić information content (AvgIpc) is 3.01. The van der Waals surface area contributed by atoms with Crippen LogP contribution in [0, 0.1) is 5.92 Å². The molecule has 0 saturated heterocycles. The lowest BCUT2D eigenvalue weighted by molar-refractivity contribution is 0.0942. The predicted octanol–water partition coefficient (Wildman–Crippen LogP) is 1.64. The topological polar surface area (TPSA) is 68.3 Å². The normalized spacial score (nSPS) is 16.5. The number of amides is 1. The molecule has 17 heavy (non-hydrogen) atoms. The van der Waals surface area contributed by atoms with E-state index in [4.69, 9.17) is 22.4 Å². The standard InChI is InChI=1S/C12H16N2O2S/c1-2-9-8(5-6-16-9)12(15)14-10(11(13)17)7-3-4-7/h5-7,10H,2-4H2,1H3,(H2,13,17)(H,14,15). The number of hydrogen-bond donors (Lipinski definition) is 2. The van der Waals surface area contributed by atoms with Crippen molar-refractivity contribution in [1.82, 2.24) is 5.32 Å². The maximum Gasteiger partial charge on any atom is 0.255 e. The molecule has 1 unspecified atom stereocenters. The van der Waals surface area contributed by atoms with E-state index in [0.29, 0.717) is 28.7 Å². The van der Waals surface area contributed by atoms with Crippen LogP contribution in [-0.2, 0) is 6.42 Å². The van der Waals surface area contributed by atoms with Crippen LogP contribution in [0.2, 0.25) is 0 Å². The highest BCUT2D eigenvalue weighted by Gasteiger charge is 2.34. The van der Waals surface area contributed by atoms with E-state index < -0.39 is 0 Å². The minimum absolute atomic E-state index is 0.153. The number of furan rings is 1. The lowest BCUT2D eigenvalue weighted by Crippen LogP contribution is -2.45. The summed E-state index contributed by atoms with van der Waals surface area (Å²) in [5, 5.41) is 2.89. The molecule has 1 aliphatic rings. The molecule has 0 radical (unpaired) electrons. The number of rotatable bonds is 5. The van der Waals surface area contributed by atoms with Crippen LogP contribution in [-0.4, -0.2) is 16.9 Å². The molecule has 1 aromatic rings. The first-order valence-electron chi connectivity index (χ1n) is 5.80. The summed E-state index contributed by atoms with van der Waals surface area (Å²) in [7, 11) is 0. The molecule has 92 valence electrons. The van der Waals surface area contributed by atoms with Gasteiger partial charge in [-0.1, -0.05) is 19.1 Å². The van der Waals surface area contributed by atoms with Crippen molar-refractivity contribution in [3.05, 3.63) is 23.7 Å². The molecule has 1 fully saturated rings. The van der Waals surface area contributed by atoms with Crippen molar-refractivity contribution in [2.45, 2.75) is 32.2 Å². The zero-order valence-electron chi connectivity index (χ0n) is 9.73. The summed E-state index contributed by atoms with van der Waals surface area (Å²) in [5.41, 5.74) is 6.22. The zero-order chi connectivity index (χ0) is 12.4.